The first-order chi connectivity index (χ1) is 17.0. The summed E-state index contributed by atoms with van der Waals surface area (Å²) in [6.07, 6.45) is 0. The van der Waals surface area contributed by atoms with Crippen LogP contribution in [0, 0.1) is 3.57 Å². The normalized spacial score (nSPS) is 20.1. The second-order valence-electron chi connectivity index (χ2n) is 8.63. The lowest BCUT2D eigenvalue weighted by Crippen LogP contribution is -2.47. The zero-order valence-electron chi connectivity index (χ0n) is 19.6. The molecule has 0 saturated heterocycles. The molecule has 4 aromatic carbocycles. The van der Waals surface area contributed by atoms with Crippen molar-refractivity contribution >= 4 is 61.4 Å². The van der Waals surface area contributed by atoms with Crippen molar-refractivity contribution in [3.05, 3.63) is 128 Å². The second-order valence-corrected chi connectivity index (χ2v) is 10.8. The minimum absolute atomic E-state index is 0.000587. The average molecular weight is 634 g/mol. The Kier molecular flexibility index (Phi) is 6.89. The van der Waals surface area contributed by atoms with Crippen LogP contribution in [0.3, 0.4) is 0 Å². The van der Waals surface area contributed by atoms with Gasteiger partial charge in [0.05, 0.1) is 11.7 Å². The number of aliphatic imine (C=N–C) groups is 2. The largest absolute Gasteiger partial charge is 0.320 e. The van der Waals surface area contributed by atoms with Crippen molar-refractivity contribution < 1.29 is 0 Å². The molecule has 2 unspecified atom stereocenters. The summed E-state index contributed by atoms with van der Waals surface area (Å²) in [5.74, 6) is 0.952. The summed E-state index contributed by atoms with van der Waals surface area (Å²) in [5.41, 5.74) is 4.56. The molecule has 35 heavy (non-hydrogen) atoms. The summed E-state index contributed by atoms with van der Waals surface area (Å²) in [6, 6.07) is 37.8. The molecule has 4 aromatic rings. The van der Waals surface area contributed by atoms with Crippen LogP contribution in [-0.2, 0) is 5.54 Å². The van der Waals surface area contributed by atoms with Gasteiger partial charge in [0.2, 0.25) is 0 Å². The standard InChI is InChI=1S/C30H25BrIN3/c1-21(33-27-17-13-25(31)14-18-27)30(24-11-7-4-8-12-24)22(2)35(28-19-15-26(32)16-20-28)29(34-30)23-9-5-3-6-10-23/h3-20,22H,1-2H3. The van der Waals surface area contributed by atoms with Crippen LogP contribution < -0.4 is 4.90 Å². The van der Waals surface area contributed by atoms with Crippen LogP contribution in [0.25, 0.3) is 0 Å². The van der Waals surface area contributed by atoms with E-state index in [4.69, 9.17) is 9.98 Å². The molecule has 1 aliphatic heterocycles. The number of rotatable bonds is 5. The third-order valence-electron chi connectivity index (χ3n) is 6.53. The molecule has 5 rings (SSSR count). The number of anilines is 1. The monoisotopic (exact) mass is 633 g/mol. The third kappa shape index (κ3) is 4.59. The Morgan fingerprint density at radius 2 is 1.46 bits per heavy atom. The predicted octanol–water partition coefficient (Wildman–Crippen LogP) is 8.40. The highest BCUT2D eigenvalue weighted by atomic mass is 127. The van der Waals surface area contributed by atoms with Gasteiger partial charge in [-0.3, -0.25) is 4.99 Å². The van der Waals surface area contributed by atoms with Crippen molar-refractivity contribution in [2.24, 2.45) is 9.98 Å². The molecule has 0 spiro atoms. The molecule has 0 fully saturated rings. The van der Waals surface area contributed by atoms with Gasteiger partial charge in [0.15, 0.2) is 0 Å². The summed E-state index contributed by atoms with van der Waals surface area (Å²) >= 11 is 5.88. The molecule has 3 nitrogen and oxygen atoms in total. The maximum Gasteiger partial charge on any atom is 0.146 e. The molecule has 5 heteroatoms. The van der Waals surface area contributed by atoms with Gasteiger partial charge >= 0.3 is 0 Å². The highest BCUT2D eigenvalue weighted by Crippen LogP contribution is 2.43. The summed E-state index contributed by atoms with van der Waals surface area (Å²) in [5, 5.41) is 0. The van der Waals surface area contributed by atoms with Crippen LogP contribution in [0.1, 0.15) is 25.0 Å². The molecular weight excluding hydrogens is 609 g/mol. The lowest BCUT2D eigenvalue weighted by atomic mass is 9.80. The van der Waals surface area contributed by atoms with Crippen LogP contribution in [-0.4, -0.2) is 17.6 Å². The summed E-state index contributed by atoms with van der Waals surface area (Å²) in [7, 11) is 0. The Morgan fingerprint density at radius 3 is 2.09 bits per heavy atom. The quantitative estimate of drug-likeness (QED) is 0.160. The molecule has 0 amide bonds. The summed E-state index contributed by atoms with van der Waals surface area (Å²) in [6.45, 7) is 4.36. The van der Waals surface area contributed by atoms with E-state index in [1.807, 2.05) is 30.3 Å². The number of benzene rings is 4. The van der Waals surface area contributed by atoms with Gasteiger partial charge in [-0.2, -0.15) is 0 Å². The molecule has 0 N–H and O–H groups in total. The van der Waals surface area contributed by atoms with Gasteiger partial charge < -0.3 is 4.90 Å². The van der Waals surface area contributed by atoms with Crippen molar-refractivity contribution in [1.82, 2.24) is 0 Å². The zero-order valence-corrected chi connectivity index (χ0v) is 23.3. The van der Waals surface area contributed by atoms with Gasteiger partial charge in [-0.15, -0.1) is 0 Å². The Hall–Kier alpha value is -2.77. The van der Waals surface area contributed by atoms with Crippen LogP contribution >= 0.6 is 38.5 Å². The van der Waals surface area contributed by atoms with Gasteiger partial charge in [0.25, 0.3) is 0 Å². The van der Waals surface area contributed by atoms with Gasteiger partial charge in [-0.05, 0) is 90.5 Å². The zero-order chi connectivity index (χ0) is 24.4. The first kappa shape index (κ1) is 23.9. The average Bonchev–Trinajstić information content (AvgIpc) is 3.21. The second kappa shape index (κ2) is 10.1. The highest BCUT2D eigenvalue weighted by molar-refractivity contribution is 14.1. The number of nitrogens with zero attached hydrogens (tertiary/aromatic N) is 3. The molecule has 0 aliphatic carbocycles. The first-order valence-corrected chi connectivity index (χ1v) is 13.4. The van der Waals surface area contributed by atoms with Crippen molar-refractivity contribution in [2.45, 2.75) is 25.4 Å². The summed E-state index contributed by atoms with van der Waals surface area (Å²) in [4.78, 5) is 13.0. The Balaban J connectivity index is 1.75. The third-order valence-corrected chi connectivity index (χ3v) is 7.78. The maximum absolute atomic E-state index is 5.54. The SMILES string of the molecule is CC(=Nc1ccc(Br)cc1)C1(c2ccccc2)N=C(c2ccccc2)N(c2ccc(I)cc2)C1C. The predicted molar refractivity (Wildman–Crippen MR) is 159 cm³/mol. The fourth-order valence-corrected chi connectivity index (χ4v) is 5.43. The number of hydrogen-bond donors (Lipinski definition) is 0. The highest BCUT2D eigenvalue weighted by Gasteiger charge is 2.50. The van der Waals surface area contributed by atoms with Crippen LogP contribution in [0.15, 0.2) is 124 Å². The Labute approximate surface area is 228 Å². The van der Waals surface area contributed by atoms with E-state index in [0.29, 0.717) is 0 Å². The van der Waals surface area contributed by atoms with E-state index in [2.05, 4.69) is 136 Å². The van der Waals surface area contributed by atoms with Gasteiger partial charge in [0.1, 0.15) is 11.4 Å². The number of amidine groups is 1. The van der Waals surface area contributed by atoms with Crippen LogP contribution in [0.5, 0.6) is 0 Å². The lowest BCUT2D eigenvalue weighted by molar-refractivity contribution is 0.528. The smallest absolute Gasteiger partial charge is 0.146 e. The Morgan fingerprint density at radius 1 is 0.857 bits per heavy atom. The van der Waals surface area contributed by atoms with E-state index >= 15 is 0 Å². The fraction of sp³-hybridized carbons (Fsp3) is 0.133. The van der Waals surface area contributed by atoms with Crippen molar-refractivity contribution in [2.75, 3.05) is 4.90 Å². The number of halogens is 2. The topological polar surface area (TPSA) is 28.0 Å². The van der Waals surface area contributed by atoms with Crippen molar-refractivity contribution in [1.29, 1.82) is 0 Å². The van der Waals surface area contributed by atoms with E-state index < -0.39 is 5.54 Å². The van der Waals surface area contributed by atoms with Gasteiger partial charge in [0, 0.05) is 25.0 Å². The summed E-state index contributed by atoms with van der Waals surface area (Å²) < 4.78 is 2.24. The molecule has 174 valence electrons. The van der Waals surface area contributed by atoms with E-state index in [1.165, 1.54) is 3.57 Å². The van der Waals surface area contributed by atoms with Crippen LogP contribution in [0.2, 0.25) is 0 Å². The molecule has 1 heterocycles. The molecule has 0 saturated carbocycles. The van der Waals surface area contributed by atoms with E-state index in [1.54, 1.807) is 0 Å². The Bertz CT molecular complexity index is 1370. The van der Waals surface area contributed by atoms with Crippen LogP contribution in [0.4, 0.5) is 11.4 Å². The minimum atomic E-state index is -0.650. The minimum Gasteiger partial charge on any atom is -0.320 e. The maximum atomic E-state index is 5.54. The molecule has 0 bridgehead atoms. The van der Waals surface area contributed by atoms with E-state index in [9.17, 15) is 0 Å². The molecule has 0 radical (unpaired) electrons. The van der Waals surface area contributed by atoms with Crippen molar-refractivity contribution in [3.8, 4) is 0 Å². The van der Waals surface area contributed by atoms with E-state index in [-0.39, 0.29) is 6.04 Å². The van der Waals surface area contributed by atoms with Crippen molar-refractivity contribution in [3.63, 3.8) is 0 Å². The molecular formula is C30H25BrIN3. The lowest BCUT2D eigenvalue weighted by Gasteiger charge is -2.36. The molecule has 0 aromatic heterocycles. The first-order valence-electron chi connectivity index (χ1n) is 11.6. The molecule has 2 atom stereocenters. The van der Waals surface area contributed by atoms with Gasteiger partial charge in [-0.25, -0.2) is 4.99 Å². The number of hydrogen-bond acceptors (Lipinski definition) is 3. The molecule has 1 aliphatic rings. The van der Waals surface area contributed by atoms with Gasteiger partial charge in [-0.1, -0.05) is 76.6 Å². The van der Waals surface area contributed by atoms with E-state index in [0.717, 1.165) is 38.5 Å². The fourth-order valence-electron chi connectivity index (χ4n) is 4.81.